The van der Waals surface area contributed by atoms with Crippen molar-refractivity contribution in [1.82, 2.24) is 5.32 Å². The molecule has 0 radical (unpaired) electrons. The van der Waals surface area contributed by atoms with Gasteiger partial charge in [-0.1, -0.05) is 31.0 Å². The Labute approximate surface area is 89.7 Å². The fourth-order valence-electron chi connectivity index (χ4n) is 2.95. The first-order valence-electron chi connectivity index (χ1n) is 5.76. The van der Waals surface area contributed by atoms with Crippen molar-refractivity contribution in [2.75, 3.05) is 0 Å². The fourth-order valence-corrected chi connectivity index (χ4v) is 2.95. The van der Waals surface area contributed by atoms with Crippen LogP contribution in [0.2, 0.25) is 0 Å². The SMILES string of the molecule is O=C1N[C@@H]2CCCC[C@@H]2c2ccccc21. The van der Waals surface area contributed by atoms with Crippen LogP contribution in [0.15, 0.2) is 24.3 Å². The maximum absolute atomic E-state index is 11.8. The first-order chi connectivity index (χ1) is 7.36. The highest BCUT2D eigenvalue weighted by molar-refractivity contribution is 5.97. The fraction of sp³-hybridized carbons (Fsp3) is 0.462. The molecular weight excluding hydrogens is 186 g/mol. The van der Waals surface area contributed by atoms with Crippen molar-refractivity contribution < 1.29 is 4.79 Å². The number of rotatable bonds is 0. The van der Waals surface area contributed by atoms with Gasteiger partial charge in [-0.05, 0) is 24.5 Å². The molecule has 0 aromatic heterocycles. The number of hydrogen-bond donors (Lipinski definition) is 1. The minimum atomic E-state index is 0.119. The summed E-state index contributed by atoms with van der Waals surface area (Å²) in [6.45, 7) is 0. The Morgan fingerprint density at radius 3 is 2.87 bits per heavy atom. The first kappa shape index (κ1) is 8.96. The third kappa shape index (κ3) is 1.36. The van der Waals surface area contributed by atoms with Crippen molar-refractivity contribution in [3.8, 4) is 0 Å². The van der Waals surface area contributed by atoms with Gasteiger partial charge >= 0.3 is 0 Å². The molecule has 1 aromatic carbocycles. The number of benzene rings is 1. The molecule has 2 heteroatoms. The van der Waals surface area contributed by atoms with Crippen LogP contribution in [-0.4, -0.2) is 11.9 Å². The first-order valence-corrected chi connectivity index (χ1v) is 5.76. The summed E-state index contributed by atoms with van der Waals surface area (Å²) in [4.78, 5) is 11.8. The molecule has 2 atom stereocenters. The van der Waals surface area contributed by atoms with Crippen LogP contribution in [-0.2, 0) is 0 Å². The lowest BCUT2D eigenvalue weighted by atomic mass is 9.76. The monoisotopic (exact) mass is 201 g/mol. The van der Waals surface area contributed by atoms with Gasteiger partial charge in [-0.15, -0.1) is 0 Å². The Balaban J connectivity index is 2.07. The van der Waals surface area contributed by atoms with Crippen LogP contribution in [0.4, 0.5) is 0 Å². The van der Waals surface area contributed by atoms with E-state index in [0.717, 1.165) is 12.0 Å². The van der Waals surface area contributed by atoms with Crippen LogP contribution in [0.5, 0.6) is 0 Å². The third-order valence-corrected chi connectivity index (χ3v) is 3.69. The molecule has 1 aliphatic heterocycles. The topological polar surface area (TPSA) is 29.1 Å². The molecule has 0 saturated heterocycles. The Hall–Kier alpha value is -1.31. The summed E-state index contributed by atoms with van der Waals surface area (Å²) in [5, 5.41) is 3.14. The summed E-state index contributed by atoms with van der Waals surface area (Å²) in [5.74, 6) is 0.682. The number of nitrogens with one attached hydrogen (secondary N) is 1. The van der Waals surface area contributed by atoms with Gasteiger partial charge in [0, 0.05) is 17.5 Å². The second-order valence-corrected chi connectivity index (χ2v) is 4.56. The minimum absolute atomic E-state index is 0.119. The summed E-state index contributed by atoms with van der Waals surface area (Å²) < 4.78 is 0. The molecule has 2 nitrogen and oxygen atoms in total. The van der Waals surface area contributed by atoms with E-state index in [2.05, 4.69) is 11.4 Å². The Morgan fingerprint density at radius 2 is 1.93 bits per heavy atom. The van der Waals surface area contributed by atoms with Gasteiger partial charge in [0.25, 0.3) is 5.91 Å². The summed E-state index contributed by atoms with van der Waals surface area (Å²) in [6.07, 6.45) is 4.92. The van der Waals surface area contributed by atoms with E-state index in [1.54, 1.807) is 0 Å². The molecule has 1 N–H and O–H groups in total. The molecule has 0 spiro atoms. The second kappa shape index (κ2) is 3.37. The van der Waals surface area contributed by atoms with E-state index in [0.29, 0.717) is 12.0 Å². The van der Waals surface area contributed by atoms with E-state index in [-0.39, 0.29) is 5.91 Å². The van der Waals surface area contributed by atoms with Crippen LogP contribution in [0.1, 0.15) is 47.5 Å². The average Bonchev–Trinajstić information content (AvgIpc) is 2.30. The zero-order valence-corrected chi connectivity index (χ0v) is 8.70. The molecule has 1 amide bonds. The van der Waals surface area contributed by atoms with Gasteiger partial charge in [-0.3, -0.25) is 4.79 Å². The molecule has 2 aliphatic rings. The van der Waals surface area contributed by atoms with E-state index in [4.69, 9.17) is 0 Å². The maximum atomic E-state index is 11.8. The number of carbonyl (C=O) groups excluding carboxylic acids is 1. The van der Waals surface area contributed by atoms with Crippen molar-refractivity contribution in [3.05, 3.63) is 35.4 Å². The largest absolute Gasteiger partial charge is 0.349 e. The van der Waals surface area contributed by atoms with Crippen molar-refractivity contribution in [3.63, 3.8) is 0 Å². The van der Waals surface area contributed by atoms with Crippen molar-refractivity contribution in [2.45, 2.75) is 37.6 Å². The molecule has 1 heterocycles. The predicted molar refractivity (Wildman–Crippen MR) is 58.9 cm³/mol. The molecule has 78 valence electrons. The molecule has 1 saturated carbocycles. The van der Waals surface area contributed by atoms with Crippen molar-refractivity contribution in [2.24, 2.45) is 0 Å². The lowest BCUT2D eigenvalue weighted by Gasteiger charge is -2.37. The minimum Gasteiger partial charge on any atom is -0.349 e. The Kier molecular flexibility index (Phi) is 2.01. The lowest BCUT2D eigenvalue weighted by Crippen LogP contribution is -2.45. The standard InChI is InChI=1S/C13H15NO/c15-13-11-7-2-1-5-9(11)10-6-3-4-8-12(10)14-13/h1-2,5,7,10,12H,3-4,6,8H2,(H,14,15)/t10-,12-/m1/s1. The smallest absolute Gasteiger partial charge is 0.251 e. The van der Waals surface area contributed by atoms with E-state index >= 15 is 0 Å². The van der Waals surface area contributed by atoms with Gasteiger partial charge in [0.05, 0.1) is 0 Å². The van der Waals surface area contributed by atoms with Gasteiger partial charge < -0.3 is 5.32 Å². The van der Waals surface area contributed by atoms with Gasteiger partial charge in [0.2, 0.25) is 0 Å². The Bertz CT molecular complexity index is 399. The number of hydrogen-bond acceptors (Lipinski definition) is 1. The van der Waals surface area contributed by atoms with Crippen LogP contribution >= 0.6 is 0 Å². The van der Waals surface area contributed by atoms with Crippen LogP contribution < -0.4 is 5.32 Å². The molecule has 15 heavy (non-hydrogen) atoms. The van der Waals surface area contributed by atoms with Crippen LogP contribution in [0.25, 0.3) is 0 Å². The van der Waals surface area contributed by atoms with E-state index in [1.165, 1.54) is 24.8 Å². The highest BCUT2D eigenvalue weighted by Crippen LogP contribution is 2.37. The van der Waals surface area contributed by atoms with Gasteiger partial charge in [-0.25, -0.2) is 0 Å². The maximum Gasteiger partial charge on any atom is 0.251 e. The predicted octanol–water partition coefficient (Wildman–Crippen LogP) is 2.46. The van der Waals surface area contributed by atoms with Crippen molar-refractivity contribution >= 4 is 5.91 Å². The quantitative estimate of drug-likeness (QED) is 0.686. The molecule has 0 bridgehead atoms. The molecule has 0 unspecified atom stereocenters. The van der Waals surface area contributed by atoms with Crippen LogP contribution in [0, 0.1) is 0 Å². The lowest BCUT2D eigenvalue weighted by molar-refractivity contribution is 0.0901. The molecule has 3 rings (SSSR count). The van der Waals surface area contributed by atoms with Crippen molar-refractivity contribution in [1.29, 1.82) is 0 Å². The number of fused-ring (bicyclic) bond motifs is 3. The second-order valence-electron chi connectivity index (χ2n) is 4.56. The highest BCUT2D eigenvalue weighted by Gasteiger charge is 2.34. The summed E-state index contributed by atoms with van der Waals surface area (Å²) in [6, 6.07) is 8.44. The zero-order chi connectivity index (χ0) is 10.3. The van der Waals surface area contributed by atoms with Gasteiger partial charge in [-0.2, -0.15) is 0 Å². The number of carbonyl (C=O) groups is 1. The van der Waals surface area contributed by atoms with Crippen LogP contribution in [0.3, 0.4) is 0 Å². The molecule has 1 fully saturated rings. The summed E-state index contributed by atoms with van der Waals surface area (Å²) >= 11 is 0. The van der Waals surface area contributed by atoms with Gasteiger partial charge in [0.1, 0.15) is 0 Å². The molecular formula is C13H15NO. The zero-order valence-electron chi connectivity index (χ0n) is 8.70. The van der Waals surface area contributed by atoms with E-state index in [9.17, 15) is 4.79 Å². The molecule has 1 aromatic rings. The summed E-state index contributed by atoms with van der Waals surface area (Å²) in [5.41, 5.74) is 2.16. The Morgan fingerprint density at radius 1 is 1.13 bits per heavy atom. The summed E-state index contributed by atoms with van der Waals surface area (Å²) in [7, 11) is 0. The van der Waals surface area contributed by atoms with E-state index in [1.807, 2.05) is 18.2 Å². The van der Waals surface area contributed by atoms with Gasteiger partial charge in [0.15, 0.2) is 0 Å². The average molecular weight is 201 g/mol. The highest BCUT2D eigenvalue weighted by atomic mass is 16.1. The number of amides is 1. The normalized spacial score (nSPS) is 28.9. The van der Waals surface area contributed by atoms with E-state index < -0.39 is 0 Å². The molecule has 1 aliphatic carbocycles. The third-order valence-electron chi connectivity index (χ3n) is 3.69.